The van der Waals surface area contributed by atoms with Crippen LogP contribution in [0.4, 0.5) is 13.8 Å². The highest BCUT2D eigenvalue weighted by Gasteiger charge is 2.14. The standard InChI is InChI=1S/C20H15F2N5OS/c21-14-3-12(6-23-10-14)8-26-18-5-16-17(29-18)1-2-25-19(16)20(28)27-9-13-4-15(22)11-24-7-13/h1-7,10-11,26H,8-9H2,(H,27,28). The SMILES string of the molecule is O=C(NCc1cncc(F)c1)c1nccc2sc(NCc3cncc(F)c3)cc12. The van der Waals surface area contributed by atoms with Crippen molar-refractivity contribution in [2.24, 2.45) is 0 Å². The fraction of sp³-hybridized carbons (Fsp3) is 0.100. The summed E-state index contributed by atoms with van der Waals surface area (Å²) >= 11 is 1.46. The molecule has 0 aliphatic carbocycles. The van der Waals surface area contributed by atoms with Gasteiger partial charge in [0.15, 0.2) is 0 Å². The molecule has 4 aromatic rings. The van der Waals surface area contributed by atoms with Gasteiger partial charge in [0, 0.05) is 41.8 Å². The summed E-state index contributed by atoms with van der Waals surface area (Å²) in [5, 5.41) is 7.47. The van der Waals surface area contributed by atoms with Crippen molar-refractivity contribution in [2.45, 2.75) is 13.1 Å². The van der Waals surface area contributed by atoms with Gasteiger partial charge in [-0.15, -0.1) is 11.3 Å². The molecule has 0 unspecified atom stereocenters. The van der Waals surface area contributed by atoms with E-state index in [1.54, 1.807) is 12.4 Å². The van der Waals surface area contributed by atoms with Gasteiger partial charge in [0.1, 0.15) is 17.3 Å². The first kappa shape index (κ1) is 18.9. The first-order valence-electron chi connectivity index (χ1n) is 8.68. The third kappa shape index (κ3) is 4.52. The van der Waals surface area contributed by atoms with Gasteiger partial charge in [-0.25, -0.2) is 8.78 Å². The quantitative estimate of drug-likeness (QED) is 0.503. The van der Waals surface area contributed by atoms with Crippen LogP contribution in [-0.4, -0.2) is 20.9 Å². The van der Waals surface area contributed by atoms with Gasteiger partial charge >= 0.3 is 0 Å². The van der Waals surface area contributed by atoms with Crippen LogP contribution in [0.3, 0.4) is 0 Å². The lowest BCUT2D eigenvalue weighted by Gasteiger charge is -2.05. The van der Waals surface area contributed by atoms with Gasteiger partial charge in [0.05, 0.1) is 17.4 Å². The molecule has 0 radical (unpaired) electrons. The zero-order valence-corrected chi connectivity index (χ0v) is 15.8. The van der Waals surface area contributed by atoms with Crippen LogP contribution in [-0.2, 0) is 13.1 Å². The average Bonchev–Trinajstić information content (AvgIpc) is 3.14. The van der Waals surface area contributed by atoms with Crippen LogP contribution < -0.4 is 10.6 Å². The molecule has 4 aromatic heterocycles. The maximum Gasteiger partial charge on any atom is 0.270 e. The van der Waals surface area contributed by atoms with Crippen LogP contribution in [0.2, 0.25) is 0 Å². The molecule has 146 valence electrons. The Kier molecular flexibility index (Phi) is 5.39. The van der Waals surface area contributed by atoms with Crippen molar-refractivity contribution in [3.8, 4) is 0 Å². The molecular formula is C20H15F2N5OS. The minimum atomic E-state index is -0.459. The number of nitrogens with one attached hydrogen (secondary N) is 2. The summed E-state index contributed by atoms with van der Waals surface area (Å²) in [6.45, 7) is 0.544. The Morgan fingerprint density at radius 2 is 1.66 bits per heavy atom. The lowest BCUT2D eigenvalue weighted by molar-refractivity contribution is 0.0947. The molecule has 6 nitrogen and oxygen atoms in total. The molecule has 0 saturated carbocycles. The highest BCUT2D eigenvalue weighted by molar-refractivity contribution is 7.22. The molecule has 4 rings (SSSR count). The van der Waals surface area contributed by atoms with Crippen LogP contribution in [0, 0.1) is 11.6 Å². The highest BCUT2D eigenvalue weighted by Crippen LogP contribution is 2.31. The van der Waals surface area contributed by atoms with Crippen molar-refractivity contribution in [1.82, 2.24) is 20.3 Å². The summed E-state index contributed by atoms with van der Waals surface area (Å²) in [6, 6.07) is 6.38. The lowest BCUT2D eigenvalue weighted by atomic mass is 10.2. The predicted molar refractivity (Wildman–Crippen MR) is 107 cm³/mol. The molecule has 0 atom stereocenters. The molecule has 2 N–H and O–H groups in total. The predicted octanol–water partition coefficient (Wildman–Crippen LogP) is 3.91. The Balaban J connectivity index is 1.49. The summed E-state index contributed by atoms with van der Waals surface area (Å²) in [6.07, 6.45) is 6.90. The van der Waals surface area contributed by atoms with Crippen LogP contribution >= 0.6 is 11.3 Å². The fourth-order valence-corrected chi connectivity index (χ4v) is 3.74. The number of hydrogen-bond acceptors (Lipinski definition) is 6. The first-order chi connectivity index (χ1) is 14.1. The van der Waals surface area contributed by atoms with E-state index in [1.807, 2.05) is 12.1 Å². The Bertz CT molecular complexity index is 1180. The van der Waals surface area contributed by atoms with E-state index in [1.165, 1.54) is 29.7 Å². The smallest absolute Gasteiger partial charge is 0.270 e. The minimum absolute atomic E-state index is 0.142. The number of anilines is 1. The fourth-order valence-electron chi connectivity index (χ4n) is 2.79. The third-order valence-electron chi connectivity index (χ3n) is 4.10. The van der Waals surface area contributed by atoms with E-state index in [4.69, 9.17) is 0 Å². The monoisotopic (exact) mass is 411 g/mol. The van der Waals surface area contributed by atoms with E-state index in [-0.39, 0.29) is 18.1 Å². The van der Waals surface area contributed by atoms with Crippen molar-refractivity contribution in [3.05, 3.63) is 83.7 Å². The van der Waals surface area contributed by atoms with Crippen molar-refractivity contribution in [2.75, 3.05) is 5.32 Å². The number of amides is 1. The number of rotatable bonds is 6. The summed E-state index contributed by atoms with van der Waals surface area (Å²) in [4.78, 5) is 24.4. The van der Waals surface area contributed by atoms with Crippen molar-refractivity contribution < 1.29 is 13.6 Å². The number of halogens is 2. The molecule has 0 fully saturated rings. The van der Waals surface area contributed by atoms with Gasteiger partial charge in [0.2, 0.25) is 0 Å². The number of fused-ring (bicyclic) bond motifs is 1. The number of carbonyl (C=O) groups excluding carboxylic acids is 1. The molecular weight excluding hydrogens is 396 g/mol. The van der Waals surface area contributed by atoms with Gasteiger partial charge in [-0.2, -0.15) is 0 Å². The van der Waals surface area contributed by atoms with Gasteiger partial charge in [-0.1, -0.05) is 0 Å². The number of carbonyl (C=O) groups is 1. The second-order valence-corrected chi connectivity index (χ2v) is 7.32. The molecule has 9 heteroatoms. The molecule has 0 spiro atoms. The Labute approximate surface area is 168 Å². The van der Waals surface area contributed by atoms with E-state index < -0.39 is 11.6 Å². The summed E-state index contributed by atoms with van der Waals surface area (Å²) < 4.78 is 27.4. The van der Waals surface area contributed by atoms with E-state index in [9.17, 15) is 13.6 Å². The van der Waals surface area contributed by atoms with E-state index in [0.29, 0.717) is 23.1 Å². The molecule has 0 aliphatic rings. The van der Waals surface area contributed by atoms with Crippen molar-refractivity contribution >= 4 is 32.3 Å². The Morgan fingerprint density at radius 1 is 0.966 bits per heavy atom. The zero-order chi connectivity index (χ0) is 20.2. The maximum absolute atomic E-state index is 13.3. The highest BCUT2D eigenvalue weighted by atomic mass is 32.1. The number of hydrogen-bond donors (Lipinski definition) is 2. The molecule has 0 aliphatic heterocycles. The molecule has 0 saturated heterocycles. The van der Waals surface area contributed by atoms with Crippen LogP contribution in [0.5, 0.6) is 0 Å². The first-order valence-corrected chi connectivity index (χ1v) is 9.49. The topological polar surface area (TPSA) is 79.8 Å². The molecule has 1 amide bonds. The van der Waals surface area contributed by atoms with Crippen LogP contribution in [0.15, 0.2) is 55.2 Å². The summed E-state index contributed by atoms with van der Waals surface area (Å²) in [5.74, 6) is -1.21. The van der Waals surface area contributed by atoms with Crippen molar-refractivity contribution in [3.63, 3.8) is 0 Å². The Hall–Kier alpha value is -3.46. The van der Waals surface area contributed by atoms with Crippen LogP contribution in [0.25, 0.3) is 10.1 Å². The second kappa shape index (κ2) is 8.27. The van der Waals surface area contributed by atoms with E-state index in [0.717, 1.165) is 22.1 Å². The van der Waals surface area contributed by atoms with E-state index >= 15 is 0 Å². The average molecular weight is 411 g/mol. The number of pyridine rings is 3. The largest absolute Gasteiger partial charge is 0.373 e. The summed E-state index contributed by atoms with van der Waals surface area (Å²) in [7, 11) is 0. The van der Waals surface area contributed by atoms with Gasteiger partial charge in [-0.3, -0.25) is 19.7 Å². The van der Waals surface area contributed by atoms with E-state index in [2.05, 4.69) is 25.6 Å². The number of nitrogens with zero attached hydrogens (tertiary/aromatic N) is 3. The minimum Gasteiger partial charge on any atom is -0.373 e. The van der Waals surface area contributed by atoms with Crippen molar-refractivity contribution in [1.29, 1.82) is 0 Å². The maximum atomic E-state index is 13.3. The third-order valence-corrected chi connectivity index (χ3v) is 5.16. The number of thiophene rings is 1. The molecule has 4 heterocycles. The normalized spacial score (nSPS) is 10.8. The van der Waals surface area contributed by atoms with Gasteiger partial charge in [0.25, 0.3) is 5.91 Å². The lowest BCUT2D eigenvalue weighted by Crippen LogP contribution is -2.24. The molecule has 0 bridgehead atoms. The van der Waals surface area contributed by atoms with Crippen LogP contribution in [0.1, 0.15) is 21.6 Å². The Morgan fingerprint density at radius 3 is 2.34 bits per heavy atom. The van der Waals surface area contributed by atoms with Gasteiger partial charge in [-0.05, 0) is 35.4 Å². The van der Waals surface area contributed by atoms with Gasteiger partial charge < -0.3 is 10.6 Å². The molecule has 29 heavy (non-hydrogen) atoms. The second-order valence-electron chi connectivity index (χ2n) is 6.24. The molecule has 0 aromatic carbocycles. The zero-order valence-electron chi connectivity index (χ0n) is 15.0. The number of aromatic nitrogens is 3. The summed E-state index contributed by atoms with van der Waals surface area (Å²) in [5.41, 5.74) is 1.55.